The topological polar surface area (TPSA) is 40.8 Å². The standard InChI is InChI=1S/C38H33N2O/c1-25-16-21-31-36-32(28-13-7-4-8-14-28)23-30(24-39)35(29-19-17-27(18-20-29)26-11-5-3-6-12-26)38(36)41-37(31)34(25)33-15-9-10-22-40(33)2/h4,7-10,13-23,26H,3,5-6,11-12H2,1-2H3/q+1. The third-order valence-corrected chi connectivity index (χ3v) is 8.91. The molecule has 0 saturated heterocycles. The van der Waals surface area contributed by atoms with Crippen molar-refractivity contribution >= 4 is 21.9 Å². The highest BCUT2D eigenvalue weighted by Crippen LogP contribution is 2.46. The van der Waals surface area contributed by atoms with Crippen molar-refractivity contribution in [3.8, 4) is 39.6 Å². The molecule has 200 valence electrons. The molecule has 4 aromatic carbocycles. The molecular formula is C38H33N2O+. The van der Waals surface area contributed by atoms with E-state index in [1.54, 1.807) is 0 Å². The molecule has 41 heavy (non-hydrogen) atoms. The van der Waals surface area contributed by atoms with Gasteiger partial charge in [0.2, 0.25) is 5.69 Å². The van der Waals surface area contributed by atoms with Gasteiger partial charge in [0.25, 0.3) is 0 Å². The zero-order chi connectivity index (χ0) is 27.9. The van der Waals surface area contributed by atoms with Crippen LogP contribution in [0.25, 0.3) is 55.4 Å². The van der Waals surface area contributed by atoms with Gasteiger partial charge in [-0.2, -0.15) is 5.26 Å². The number of fused-ring (bicyclic) bond motifs is 3. The first-order valence-corrected chi connectivity index (χ1v) is 14.7. The Morgan fingerprint density at radius 2 is 1.54 bits per heavy atom. The molecule has 1 aliphatic rings. The number of hydrogen-bond acceptors (Lipinski definition) is 2. The van der Waals surface area contributed by atoms with Gasteiger partial charge in [-0.05, 0) is 65.6 Å². The van der Waals surface area contributed by atoms with E-state index < -0.39 is 0 Å². The van der Waals surface area contributed by atoms with E-state index in [1.165, 1.54) is 37.7 Å². The van der Waals surface area contributed by atoms with Crippen molar-refractivity contribution in [3.63, 3.8) is 0 Å². The van der Waals surface area contributed by atoms with Crippen LogP contribution in [0.2, 0.25) is 0 Å². The molecule has 0 amide bonds. The Hall–Kier alpha value is -4.68. The maximum absolute atomic E-state index is 10.5. The molecule has 0 atom stereocenters. The largest absolute Gasteiger partial charge is 0.454 e. The molecule has 0 aliphatic heterocycles. The van der Waals surface area contributed by atoms with Gasteiger partial charge in [-0.25, -0.2) is 4.57 Å². The van der Waals surface area contributed by atoms with Gasteiger partial charge in [0.1, 0.15) is 18.2 Å². The number of nitrogens with zero attached hydrogens (tertiary/aromatic N) is 2. The lowest BCUT2D eigenvalue weighted by molar-refractivity contribution is -0.660. The van der Waals surface area contributed by atoms with Gasteiger partial charge in [0.05, 0.1) is 17.2 Å². The van der Waals surface area contributed by atoms with Crippen LogP contribution in [0.5, 0.6) is 0 Å². The second-order valence-electron chi connectivity index (χ2n) is 11.4. The lowest BCUT2D eigenvalue weighted by Gasteiger charge is -2.22. The monoisotopic (exact) mass is 533 g/mol. The Kier molecular flexibility index (Phi) is 6.40. The van der Waals surface area contributed by atoms with E-state index in [1.807, 2.05) is 24.3 Å². The van der Waals surface area contributed by atoms with E-state index in [0.29, 0.717) is 11.5 Å². The van der Waals surface area contributed by atoms with Crippen molar-refractivity contribution < 1.29 is 8.98 Å². The predicted octanol–water partition coefficient (Wildman–Crippen LogP) is 9.64. The van der Waals surface area contributed by atoms with Gasteiger partial charge in [0, 0.05) is 28.5 Å². The van der Waals surface area contributed by atoms with Gasteiger partial charge in [-0.1, -0.05) is 86.0 Å². The van der Waals surface area contributed by atoms with Gasteiger partial charge >= 0.3 is 0 Å². The number of pyridine rings is 1. The molecule has 1 saturated carbocycles. The van der Waals surface area contributed by atoms with E-state index in [2.05, 4.69) is 97.5 Å². The molecule has 6 aromatic rings. The van der Waals surface area contributed by atoms with E-state index in [4.69, 9.17) is 4.42 Å². The first-order chi connectivity index (χ1) is 20.1. The van der Waals surface area contributed by atoms with Crippen LogP contribution in [0, 0.1) is 18.3 Å². The van der Waals surface area contributed by atoms with E-state index in [9.17, 15) is 5.26 Å². The minimum Gasteiger partial charge on any atom is -0.454 e. The number of hydrogen-bond donors (Lipinski definition) is 0. The molecule has 2 aromatic heterocycles. The molecule has 0 bridgehead atoms. The van der Waals surface area contributed by atoms with Gasteiger partial charge in [-0.15, -0.1) is 0 Å². The summed E-state index contributed by atoms with van der Waals surface area (Å²) in [5, 5.41) is 12.6. The fourth-order valence-corrected chi connectivity index (χ4v) is 6.79. The Labute approximate surface area is 241 Å². The molecule has 3 nitrogen and oxygen atoms in total. The normalized spacial score (nSPS) is 14.0. The number of aromatic nitrogens is 1. The summed E-state index contributed by atoms with van der Waals surface area (Å²) in [7, 11) is 2.07. The number of nitriles is 1. The van der Waals surface area contributed by atoms with Crippen LogP contribution in [-0.2, 0) is 7.05 Å². The van der Waals surface area contributed by atoms with Gasteiger partial charge in [-0.3, -0.25) is 0 Å². The van der Waals surface area contributed by atoms with Crippen LogP contribution in [0.1, 0.15) is 54.7 Å². The first-order valence-electron chi connectivity index (χ1n) is 14.7. The van der Waals surface area contributed by atoms with E-state index in [0.717, 1.165) is 61.0 Å². The summed E-state index contributed by atoms with van der Waals surface area (Å²) in [5.41, 5.74) is 11.0. The first kappa shape index (κ1) is 25.3. The third-order valence-electron chi connectivity index (χ3n) is 8.91. The van der Waals surface area contributed by atoms with Crippen molar-refractivity contribution in [2.75, 3.05) is 0 Å². The van der Waals surface area contributed by atoms with Crippen LogP contribution in [0.15, 0.2) is 102 Å². The van der Waals surface area contributed by atoms with Crippen LogP contribution in [0.4, 0.5) is 0 Å². The third kappa shape index (κ3) is 4.32. The van der Waals surface area contributed by atoms with Crippen molar-refractivity contribution in [2.45, 2.75) is 44.9 Å². The fraction of sp³-hybridized carbons (Fsp3) is 0.211. The van der Waals surface area contributed by atoms with Crippen LogP contribution in [-0.4, -0.2) is 0 Å². The quantitative estimate of drug-likeness (QED) is 0.212. The van der Waals surface area contributed by atoms with Crippen molar-refractivity contribution in [1.82, 2.24) is 0 Å². The summed E-state index contributed by atoms with van der Waals surface area (Å²) in [5.74, 6) is 0.636. The molecular weight excluding hydrogens is 500 g/mol. The smallest absolute Gasteiger partial charge is 0.216 e. The van der Waals surface area contributed by atoms with Crippen molar-refractivity contribution in [3.05, 3.63) is 114 Å². The zero-order valence-corrected chi connectivity index (χ0v) is 23.7. The Bertz CT molecular complexity index is 1940. The second-order valence-corrected chi connectivity index (χ2v) is 11.4. The average molecular weight is 534 g/mol. The lowest BCUT2D eigenvalue weighted by atomic mass is 9.83. The number of rotatable bonds is 4. The van der Waals surface area contributed by atoms with Gasteiger partial charge in [0.15, 0.2) is 6.20 Å². The molecule has 0 spiro atoms. The highest BCUT2D eigenvalue weighted by molar-refractivity contribution is 6.19. The highest BCUT2D eigenvalue weighted by Gasteiger charge is 2.26. The number of aryl methyl sites for hydroxylation is 2. The van der Waals surface area contributed by atoms with Crippen LogP contribution < -0.4 is 4.57 Å². The number of benzene rings is 4. The summed E-state index contributed by atoms with van der Waals surface area (Å²) in [6, 6.07) is 34.5. The molecule has 0 unspecified atom stereocenters. The van der Waals surface area contributed by atoms with E-state index >= 15 is 0 Å². The highest BCUT2D eigenvalue weighted by atomic mass is 16.3. The summed E-state index contributed by atoms with van der Waals surface area (Å²) < 4.78 is 9.08. The molecule has 2 heterocycles. The molecule has 0 N–H and O–H groups in total. The molecule has 1 fully saturated rings. The molecule has 3 heteroatoms. The maximum atomic E-state index is 10.5. The zero-order valence-electron chi connectivity index (χ0n) is 23.7. The Morgan fingerprint density at radius 3 is 2.27 bits per heavy atom. The Balaban J connectivity index is 1.54. The minimum absolute atomic E-state index is 0.629. The van der Waals surface area contributed by atoms with Crippen LogP contribution in [0.3, 0.4) is 0 Å². The number of furan rings is 1. The Morgan fingerprint density at radius 1 is 0.780 bits per heavy atom. The van der Waals surface area contributed by atoms with Gasteiger partial charge < -0.3 is 4.42 Å². The minimum atomic E-state index is 0.629. The molecule has 0 radical (unpaired) electrons. The summed E-state index contributed by atoms with van der Waals surface area (Å²) in [4.78, 5) is 0. The lowest BCUT2D eigenvalue weighted by Crippen LogP contribution is -2.30. The second kappa shape index (κ2) is 10.4. The maximum Gasteiger partial charge on any atom is 0.216 e. The van der Waals surface area contributed by atoms with Crippen molar-refractivity contribution in [1.29, 1.82) is 5.26 Å². The summed E-state index contributed by atoms with van der Waals surface area (Å²) in [6.07, 6.45) is 8.57. The fourth-order valence-electron chi connectivity index (χ4n) is 6.79. The predicted molar refractivity (Wildman–Crippen MR) is 166 cm³/mol. The molecule has 7 rings (SSSR count). The van der Waals surface area contributed by atoms with Crippen molar-refractivity contribution in [2.24, 2.45) is 7.05 Å². The molecule has 1 aliphatic carbocycles. The summed E-state index contributed by atoms with van der Waals surface area (Å²) in [6.45, 7) is 2.14. The SMILES string of the molecule is Cc1ccc2c(oc3c(-c4ccc(C5CCCCC5)cc4)c(C#N)cc(-c4ccccc4)c32)c1-c1cccc[n+]1C. The summed E-state index contributed by atoms with van der Waals surface area (Å²) >= 11 is 0. The van der Waals surface area contributed by atoms with Crippen LogP contribution >= 0.6 is 0 Å². The van der Waals surface area contributed by atoms with E-state index in [-0.39, 0.29) is 0 Å². The average Bonchev–Trinajstić information content (AvgIpc) is 3.41.